The van der Waals surface area contributed by atoms with Crippen molar-refractivity contribution in [2.24, 2.45) is 0 Å². The van der Waals surface area contributed by atoms with Crippen LogP contribution >= 0.6 is 15.9 Å². The van der Waals surface area contributed by atoms with Crippen molar-refractivity contribution in [3.8, 4) is 0 Å². The molecule has 0 aliphatic heterocycles. The molecule has 0 heterocycles. The highest BCUT2D eigenvalue weighted by Gasteiger charge is 1.72. The highest BCUT2D eigenvalue weighted by molar-refractivity contribution is 9.09. The number of allylic oxidation sites excluding steroid dienone is 1. The third-order valence-electron chi connectivity index (χ3n) is 0.674. The summed E-state index contributed by atoms with van der Waals surface area (Å²) >= 11 is 3.26. The quantitative estimate of drug-likeness (QED) is 0.364. The Morgan fingerprint density at radius 3 is 2.75 bits per heavy atom. The van der Waals surface area contributed by atoms with Crippen molar-refractivity contribution in [1.82, 2.24) is 0 Å². The lowest BCUT2D eigenvalue weighted by Gasteiger charge is -1.90. The second-order valence-electron chi connectivity index (χ2n) is 1.29. The van der Waals surface area contributed by atoms with Gasteiger partial charge in [0.15, 0.2) is 0 Å². The fourth-order valence-corrected chi connectivity index (χ4v) is 0.581. The van der Waals surface area contributed by atoms with Gasteiger partial charge in [-0.25, -0.2) is 0 Å². The van der Waals surface area contributed by atoms with Gasteiger partial charge in [0, 0.05) is 11.9 Å². The molecule has 0 atom stereocenters. The molecule has 0 saturated carbocycles. The molecule has 0 radical (unpaired) electrons. The molecule has 0 aromatic carbocycles. The zero-order chi connectivity index (χ0) is 6.24. The second-order valence-corrected chi connectivity index (χ2v) is 1.93. The van der Waals surface area contributed by atoms with E-state index >= 15 is 0 Å². The van der Waals surface area contributed by atoms with E-state index in [1.165, 1.54) is 0 Å². The standard InChI is InChI=1S/C6H11BrO/c1-2-8-6-4-3-5-7/h3-4H,2,5-6H2,1H3. The molecule has 0 aliphatic rings. The maximum absolute atomic E-state index is 5.03. The van der Waals surface area contributed by atoms with Crippen LogP contribution in [-0.4, -0.2) is 18.5 Å². The van der Waals surface area contributed by atoms with Crippen LogP contribution in [0.4, 0.5) is 0 Å². The first kappa shape index (κ1) is 8.18. The summed E-state index contributed by atoms with van der Waals surface area (Å²) in [6.07, 6.45) is 4.02. The summed E-state index contributed by atoms with van der Waals surface area (Å²) in [6, 6.07) is 0. The molecule has 0 amide bonds. The van der Waals surface area contributed by atoms with Crippen molar-refractivity contribution in [3.63, 3.8) is 0 Å². The monoisotopic (exact) mass is 178 g/mol. The van der Waals surface area contributed by atoms with E-state index in [0.29, 0.717) is 0 Å². The molecular weight excluding hydrogens is 168 g/mol. The Bertz CT molecular complexity index is 61.5. The third kappa shape index (κ3) is 6.18. The molecular formula is C6H11BrO. The summed E-state index contributed by atoms with van der Waals surface area (Å²) in [6.45, 7) is 3.52. The van der Waals surface area contributed by atoms with Gasteiger partial charge in [0.25, 0.3) is 0 Å². The average molecular weight is 179 g/mol. The summed E-state index contributed by atoms with van der Waals surface area (Å²) in [5.41, 5.74) is 0. The van der Waals surface area contributed by atoms with Crippen molar-refractivity contribution >= 4 is 15.9 Å². The molecule has 0 spiro atoms. The highest BCUT2D eigenvalue weighted by Crippen LogP contribution is 1.81. The van der Waals surface area contributed by atoms with Gasteiger partial charge in [-0.3, -0.25) is 0 Å². The molecule has 0 bridgehead atoms. The summed E-state index contributed by atoms with van der Waals surface area (Å²) < 4.78 is 5.03. The summed E-state index contributed by atoms with van der Waals surface area (Å²) in [5.74, 6) is 0. The fourth-order valence-electron chi connectivity index (χ4n) is 0.317. The van der Waals surface area contributed by atoms with Gasteiger partial charge >= 0.3 is 0 Å². The van der Waals surface area contributed by atoms with Crippen LogP contribution in [0.3, 0.4) is 0 Å². The van der Waals surface area contributed by atoms with Crippen LogP contribution in [0.5, 0.6) is 0 Å². The molecule has 48 valence electrons. The van der Waals surface area contributed by atoms with E-state index in [1.54, 1.807) is 0 Å². The minimum absolute atomic E-state index is 0.738. The SMILES string of the molecule is CCOCC=CCBr. The van der Waals surface area contributed by atoms with E-state index in [9.17, 15) is 0 Å². The topological polar surface area (TPSA) is 9.23 Å². The summed E-state index contributed by atoms with van der Waals surface area (Å²) in [7, 11) is 0. The van der Waals surface area contributed by atoms with E-state index in [0.717, 1.165) is 18.5 Å². The van der Waals surface area contributed by atoms with Gasteiger partial charge in [-0.1, -0.05) is 28.1 Å². The minimum Gasteiger partial charge on any atom is -0.378 e. The first-order chi connectivity index (χ1) is 3.91. The molecule has 8 heavy (non-hydrogen) atoms. The van der Waals surface area contributed by atoms with Crippen LogP contribution in [-0.2, 0) is 4.74 Å². The molecule has 0 aliphatic carbocycles. The number of hydrogen-bond donors (Lipinski definition) is 0. The van der Waals surface area contributed by atoms with Crippen molar-refractivity contribution in [1.29, 1.82) is 0 Å². The van der Waals surface area contributed by atoms with Crippen LogP contribution in [0.15, 0.2) is 12.2 Å². The fraction of sp³-hybridized carbons (Fsp3) is 0.667. The average Bonchev–Trinajstić information content (AvgIpc) is 1.81. The summed E-state index contributed by atoms with van der Waals surface area (Å²) in [5, 5.41) is 0.917. The Morgan fingerprint density at radius 1 is 1.50 bits per heavy atom. The zero-order valence-corrected chi connectivity index (χ0v) is 6.65. The smallest absolute Gasteiger partial charge is 0.0647 e. The van der Waals surface area contributed by atoms with Crippen LogP contribution < -0.4 is 0 Å². The van der Waals surface area contributed by atoms with Gasteiger partial charge in [0.05, 0.1) is 6.61 Å². The van der Waals surface area contributed by atoms with Crippen LogP contribution in [0, 0.1) is 0 Å². The lowest BCUT2D eigenvalue weighted by molar-refractivity contribution is 0.177. The molecule has 2 heteroatoms. The van der Waals surface area contributed by atoms with Crippen molar-refractivity contribution < 1.29 is 4.74 Å². The Balaban J connectivity index is 2.80. The lowest BCUT2D eigenvalue weighted by atomic mass is 10.5. The molecule has 1 nitrogen and oxygen atoms in total. The molecule has 0 saturated heterocycles. The lowest BCUT2D eigenvalue weighted by Crippen LogP contribution is -1.87. The van der Waals surface area contributed by atoms with E-state index in [1.807, 2.05) is 19.1 Å². The Morgan fingerprint density at radius 2 is 2.25 bits per heavy atom. The summed E-state index contributed by atoms with van der Waals surface area (Å²) in [4.78, 5) is 0. The Labute approximate surface area is 58.9 Å². The molecule has 0 aromatic rings. The number of rotatable bonds is 4. The number of halogens is 1. The normalized spacial score (nSPS) is 10.8. The van der Waals surface area contributed by atoms with Gasteiger partial charge < -0.3 is 4.74 Å². The van der Waals surface area contributed by atoms with Gasteiger partial charge in [-0.2, -0.15) is 0 Å². The van der Waals surface area contributed by atoms with Crippen molar-refractivity contribution in [2.75, 3.05) is 18.5 Å². The van der Waals surface area contributed by atoms with Crippen molar-refractivity contribution in [3.05, 3.63) is 12.2 Å². The number of hydrogen-bond acceptors (Lipinski definition) is 1. The van der Waals surface area contributed by atoms with E-state index in [-0.39, 0.29) is 0 Å². The van der Waals surface area contributed by atoms with Crippen LogP contribution in [0.2, 0.25) is 0 Å². The predicted molar refractivity (Wildman–Crippen MR) is 39.4 cm³/mol. The Hall–Kier alpha value is 0.180. The van der Waals surface area contributed by atoms with Gasteiger partial charge in [0.1, 0.15) is 0 Å². The molecule has 0 rings (SSSR count). The molecule has 0 unspecified atom stereocenters. The maximum Gasteiger partial charge on any atom is 0.0647 e. The predicted octanol–water partition coefficient (Wildman–Crippen LogP) is 1.97. The highest BCUT2D eigenvalue weighted by atomic mass is 79.9. The minimum atomic E-state index is 0.738. The number of alkyl halides is 1. The van der Waals surface area contributed by atoms with Gasteiger partial charge in [-0.15, -0.1) is 0 Å². The molecule has 0 N–H and O–H groups in total. The zero-order valence-electron chi connectivity index (χ0n) is 5.06. The first-order valence-corrected chi connectivity index (χ1v) is 3.82. The van der Waals surface area contributed by atoms with E-state index in [2.05, 4.69) is 15.9 Å². The van der Waals surface area contributed by atoms with Crippen LogP contribution in [0.1, 0.15) is 6.92 Å². The largest absolute Gasteiger partial charge is 0.378 e. The van der Waals surface area contributed by atoms with Crippen molar-refractivity contribution in [2.45, 2.75) is 6.92 Å². The maximum atomic E-state index is 5.03. The molecule has 0 fully saturated rings. The van der Waals surface area contributed by atoms with Gasteiger partial charge in [-0.05, 0) is 6.92 Å². The third-order valence-corrected chi connectivity index (χ3v) is 1.05. The Kier molecular flexibility index (Phi) is 7.34. The van der Waals surface area contributed by atoms with Crippen LogP contribution in [0.25, 0.3) is 0 Å². The van der Waals surface area contributed by atoms with E-state index < -0.39 is 0 Å². The first-order valence-electron chi connectivity index (χ1n) is 2.70. The van der Waals surface area contributed by atoms with Gasteiger partial charge in [0.2, 0.25) is 0 Å². The number of ether oxygens (including phenoxy) is 1. The van der Waals surface area contributed by atoms with E-state index in [4.69, 9.17) is 4.74 Å². The second kappa shape index (κ2) is 7.18. The molecule has 0 aromatic heterocycles.